The van der Waals surface area contributed by atoms with E-state index in [1.807, 2.05) is 12.1 Å². The average Bonchev–Trinajstić information content (AvgIpc) is 2.34. The first-order valence-electron chi connectivity index (χ1n) is 6.17. The number of benzene rings is 1. The Morgan fingerprint density at radius 1 is 1.56 bits per heavy atom. The van der Waals surface area contributed by atoms with E-state index in [9.17, 15) is 4.79 Å². The molecule has 2 rings (SSSR count). The topological polar surface area (TPSA) is 67.2 Å². The lowest BCUT2D eigenvalue weighted by Crippen LogP contribution is -2.46. The van der Waals surface area contributed by atoms with Gasteiger partial charge in [0.1, 0.15) is 0 Å². The molecule has 1 saturated heterocycles. The number of piperidine rings is 1. The molecule has 18 heavy (non-hydrogen) atoms. The van der Waals surface area contributed by atoms with Crippen LogP contribution in [-0.2, 0) is 0 Å². The molecule has 1 aliphatic rings. The summed E-state index contributed by atoms with van der Waals surface area (Å²) in [7, 11) is 0. The summed E-state index contributed by atoms with van der Waals surface area (Å²) >= 11 is 3.35. The van der Waals surface area contributed by atoms with Crippen molar-refractivity contribution in [2.24, 2.45) is 5.73 Å². The van der Waals surface area contributed by atoms with E-state index in [2.05, 4.69) is 33.5 Å². The van der Waals surface area contributed by atoms with Gasteiger partial charge in [-0.05, 0) is 44.5 Å². The van der Waals surface area contributed by atoms with E-state index in [-0.39, 0.29) is 0 Å². The molecular formula is C13H18BrN3O. The molecule has 2 atom stereocenters. The first-order valence-corrected chi connectivity index (χ1v) is 6.96. The maximum atomic E-state index is 11.4. The van der Waals surface area contributed by atoms with Crippen molar-refractivity contribution in [2.75, 3.05) is 11.9 Å². The molecule has 0 spiro atoms. The molecule has 0 bridgehead atoms. The Hall–Kier alpha value is -1.07. The van der Waals surface area contributed by atoms with Crippen molar-refractivity contribution in [1.29, 1.82) is 0 Å². The van der Waals surface area contributed by atoms with Gasteiger partial charge in [-0.1, -0.05) is 15.9 Å². The van der Waals surface area contributed by atoms with E-state index in [0.29, 0.717) is 17.6 Å². The fraction of sp³-hybridized carbons (Fsp3) is 0.462. The minimum atomic E-state index is -0.407. The van der Waals surface area contributed by atoms with Gasteiger partial charge in [-0.3, -0.25) is 4.79 Å². The number of nitrogens with one attached hydrogen (secondary N) is 2. The van der Waals surface area contributed by atoms with Gasteiger partial charge in [0.2, 0.25) is 0 Å². The van der Waals surface area contributed by atoms with Crippen LogP contribution in [0, 0.1) is 0 Å². The molecule has 1 amide bonds. The quantitative estimate of drug-likeness (QED) is 0.801. The summed E-state index contributed by atoms with van der Waals surface area (Å²) in [6.07, 6.45) is 2.24. The standard InChI is InChI=1S/C13H18BrN3O/c1-8-11(3-2-6-16-8)17-12-5-4-9(14)7-10(12)13(15)18/h4-5,7-8,11,16-17H,2-3,6H2,1H3,(H2,15,18). The number of anilines is 1. The van der Waals surface area contributed by atoms with Gasteiger partial charge in [-0.2, -0.15) is 0 Å². The number of carbonyl (C=O) groups is 1. The van der Waals surface area contributed by atoms with E-state index in [0.717, 1.165) is 29.5 Å². The third kappa shape index (κ3) is 3.03. The van der Waals surface area contributed by atoms with Crippen molar-refractivity contribution in [3.05, 3.63) is 28.2 Å². The van der Waals surface area contributed by atoms with Gasteiger partial charge < -0.3 is 16.4 Å². The Bertz CT molecular complexity index is 450. The highest BCUT2D eigenvalue weighted by atomic mass is 79.9. The molecule has 1 fully saturated rings. The Balaban J connectivity index is 2.20. The molecule has 5 heteroatoms. The average molecular weight is 312 g/mol. The zero-order valence-electron chi connectivity index (χ0n) is 10.4. The summed E-state index contributed by atoms with van der Waals surface area (Å²) < 4.78 is 0.858. The summed E-state index contributed by atoms with van der Waals surface area (Å²) in [6.45, 7) is 3.21. The summed E-state index contributed by atoms with van der Waals surface area (Å²) in [5.74, 6) is -0.407. The fourth-order valence-electron chi connectivity index (χ4n) is 2.29. The normalized spacial score (nSPS) is 23.7. The molecule has 2 unspecified atom stereocenters. The van der Waals surface area contributed by atoms with Crippen LogP contribution in [-0.4, -0.2) is 24.5 Å². The largest absolute Gasteiger partial charge is 0.380 e. The molecule has 1 aromatic rings. The molecule has 0 aromatic heterocycles. The number of halogens is 1. The predicted octanol–water partition coefficient (Wildman–Crippen LogP) is 2.10. The number of primary amides is 1. The molecular weight excluding hydrogens is 294 g/mol. The Morgan fingerprint density at radius 2 is 2.33 bits per heavy atom. The predicted molar refractivity (Wildman–Crippen MR) is 76.8 cm³/mol. The van der Waals surface area contributed by atoms with Crippen LogP contribution >= 0.6 is 15.9 Å². The Kier molecular flexibility index (Phi) is 4.24. The number of amides is 1. The lowest BCUT2D eigenvalue weighted by atomic mass is 9.99. The Labute approximate surface area is 115 Å². The fourth-order valence-corrected chi connectivity index (χ4v) is 2.65. The van der Waals surface area contributed by atoms with Crippen LogP contribution in [0.1, 0.15) is 30.1 Å². The molecule has 1 aromatic carbocycles. The van der Waals surface area contributed by atoms with Crippen LogP contribution in [0.25, 0.3) is 0 Å². The second kappa shape index (κ2) is 5.71. The van der Waals surface area contributed by atoms with Gasteiger partial charge in [0, 0.05) is 22.2 Å². The molecule has 0 radical (unpaired) electrons. The van der Waals surface area contributed by atoms with Gasteiger partial charge in [0.25, 0.3) is 5.91 Å². The third-order valence-corrected chi connectivity index (χ3v) is 3.84. The van der Waals surface area contributed by atoms with Gasteiger partial charge in [-0.25, -0.2) is 0 Å². The monoisotopic (exact) mass is 311 g/mol. The van der Waals surface area contributed by atoms with Crippen molar-refractivity contribution in [3.63, 3.8) is 0 Å². The summed E-state index contributed by atoms with van der Waals surface area (Å²) in [6, 6.07) is 6.29. The maximum Gasteiger partial charge on any atom is 0.250 e. The molecule has 1 heterocycles. The van der Waals surface area contributed by atoms with Crippen molar-refractivity contribution >= 4 is 27.5 Å². The number of nitrogens with two attached hydrogens (primary N) is 1. The van der Waals surface area contributed by atoms with E-state index in [4.69, 9.17) is 5.73 Å². The first-order chi connectivity index (χ1) is 8.58. The number of rotatable bonds is 3. The molecule has 98 valence electrons. The molecule has 0 saturated carbocycles. The second-order valence-corrected chi connectivity index (χ2v) is 5.61. The highest BCUT2D eigenvalue weighted by Crippen LogP contribution is 2.23. The first kappa shape index (κ1) is 13.4. The Morgan fingerprint density at radius 3 is 3.00 bits per heavy atom. The number of carbonyl (C=O) groups excluding carboxylic acids is 1. The number of hydrogen-bond donors (Lipinski definition) is 3. The zero-order valence-corrected chi connectivity index (χ0v) is 12.0. The van der Waals surface area contributed by atoms with Crippen LogP contribution in [0.3, 0.4) is 0 Å². The lowest BCUT2D eigenvalue weighted by molar-refractivity contribution is 0.100. The highest BCUT2D eigenvalue weighted by molar-refractivity contribution is 9.10. The van der Waals surface area contributed by atoms with Gasteiger partial charge in [-0.15, -0.1) is 0 Å². The SMILES string of the molecule is CC1NCCCC1Nc1ccc(Br)cc1C(N)=O. The molecule has 1 aliphatic heterocycles. The van der Waals surface area contributed by atoms with Crippen molar-refractivity contribution in [2.45, 2.75) is 31.8 Å². The van der Waals surface area contributed by atoms with Crippen LogP contribution in [0.2, 0.25) is 0 Å². The molecule has 0 aliphatic carbocycles. The van der Waals surface area contributed by atoms with Gasteiger partial charge in [0.15, 0.2) is 0 Å². The summed E-state index contributed by atoms with van der Waals surface area (Å²) in [4.78, 5) is 11.4. The van der Waals surface area contributed by atoms with Gasteiger partial charge in [0.05, 0.1) is 5.56 Å². The lowest BCUT2D eigenvalue weighted by Gasteiger charge is -2.32. The minimum Gasteiger partial charge on any atom is -0.380 e. The van der Waals surface area contributed by atoms with E-state index >= 15 is 0 Å². The third-order valence-electron chi connectivity index (χ3n) is 3.35. The van der Waals surface area contributed by atoms with Crippen LogP contribution < -0.4 is 16.4 Å². The van der Waals surface area contributed by atoms with E-state index < -0.39 is 5.91 Å². The molecule has 4 N–H and O–H groups in total. The van der Waals surface area contributed by atoms with Crippen LogP contribution in [0.4, 0.5) is 5.69 Å². The maximum absolute atomic E-state index is 11.4. The number of hydrogen-bond acceptors (Lipinski definition) is 3. The van der Waals surface area contributed by atoms with Crippen LogP contribution in [0.5, 0.6) is 0 Å². The second-order valence-electron chi connectivity index (χ2n) is 4.69. The van der Waals surface area contributed by atoms with Gasteiger partial charge >= 0.3 is 0 Å². The van der Waals surface area contributed by atoms with Crippen molar-refractivity contribution in [1.82, 2.24) is 5.32 Å². The highest BCUT2D eigenvalue weighted by Gasteiger charge is 2.21. The summed E-state index contributed by atoms with van der Waals surface area (Å²) in [5, 5.41) is 6.85. The van der Waals surface area contributed by atoms with E-state index in [1.54, 1.807) is 6.07 Å². The molecule has 4 nitrogen and oxygen atoms in total. The minimum absolute atomic E-state index is 0.332. The smallest absolute Gasteiger partial charge is 0.250 e. The van der Waals surface area contributed by atoms with Crippen molar-refractivity contribution in [3.8, 4) is 0 Å². The van der Waals surface area contributed by atoms with Crippen LogP contribution in [0.15, 0.2) is 22.7 Å². The van der Waals surface area contributed by atoms with E-state index in [1.165, 1.54) is 0 Å². The van der Waals surface area contributed by atoms with Crippen molar-refractivity contribution < 1.29 is 4.79 Å². The zero-order chi connectivity index (χ0) is 13.1. The summed E-state index contributed by atoms with van der Waals surface area (Å²) in [5.41, 5.74) is 6.75.